The predicted octanol–water partition coefficient (Wildman–Crippen LogP) is 3.57. The van der Waals surface area contributed by atoms with Crippen LogP contribution in [-0.2, 0) is 13.1 Å². The van der Waals surface area contributed by atoms with Gasteiger partial charge in [-0.2, -0.15) is 0 Å². The van der Waals surface area contributed by atoms with Gasteiger partial charge in [0.2, 0.25) is 0 Å². The Morgan fingerprint density at radius 2 is 1.54 bits per heavy atom. The lowest BCUT2D eigenvalue weighted by molar-refractivity contribution is -0.384. The van der Waals surface area contributed by atoms with Crippen molar-refractivity contribution in [1.82, 2.24) is 14.0 Å². The van der Waals surface area contributed by atoms with Gasteiger partial charge in [0.1, 0.15) is 0 Å². The Balaban J connectivity index is 1.74. The number of hydrogen-bond acceptors (Lipinski definition) is 6. The first-order valence-corrected chi connectivity index (χ1v) is 12.4. The molecule has 0 saturated carbocycles. The number of rotatable bonds is 6. The number of halogens is 1. The molecule has 0 unspecified atom stereocenters. The van der Waals surface area contributed by atoms with Gasteiger partial charge in [0.25, 0.3) is 11.2 Å². The fraction of sp³-hybridized carbons (Fsp3) is 0.259. The van der Waals surface area contributed by atoms with E-state index in [1.165, 1.54) is 12.1 Å². The van der Waals surface area contributed by atoms with Crippen LogP contribution in [0.1, 0.15) is 11.1 Å². The number of piperazine rings is 1. The lowest BCUT2D eigenvalue weighted by Gasteiger charge is -2.34. The van der Waals surface area contributed by atoms with Gasteiger partial charge in [-0.3, -0.25) is 24.0 Å². The molecule has 37 heavy (non-hydrogen) atoms. The average molecular weight is 520 g/mol. The molecule has 1 aliphatic rings. The summed E-state index contributed by atoms with van der Waals surface area (Å²) in [4.78, 5) is 42.9. The van der Waals surface area contributed by atoms with Crippen LogP contribution in [0.2, 0.25) is 5.02 Å². The average Bonchev–Trinajstić information content (AvgIpc) is 2.89. The molecule has 0 bridgehead atoms. The van der Waals surface area contributed by atoms with Gasteiger partial charge in [0.05, 0.1) is 34.6 Å². The number of non-ortho nitro benzene ring substituents is 1. The Morgan fingerprint density at radius 1 is 0.865 bits per heavy atom. The molecule has 0 amide bonds. The number of anilines is 1. The molecule has 9 nitrogen and oxygen atoms in total. The van der Waals surface area contributed by atoms with Crippen molar-refractivity contribution in [3.05, 3.63) is 114 Å². The summed E-state index contributed by atoms with van der Waals surface area (Å²) in [6.07, 6.45) is 0. The van der Waals surface area contributed by atoms with Crippen molar-refractivity contribution in [1.29, 1.82) is 0 Å². The third kappa shape index (κ3) is 5.00. The first-order valence-electron chi connectivity index (χ1n) is 12.0. The van der Waals surface area contributed by atoms with Gasteiger partial charge in [-0.05, 0) is 30.3 Å². The van der Waals surface area contributed by atoms with Crippen LogP contribution in [0, 0.1) is 10.1 Å². The van der Waals surface area contributed by atoms with Crippen LogP contribution >= 0.6 is 11.6 Å². The van der Waals surface area contributed by atoms with E-state index in [1.54, 1.807) is 28.8 Å². The Labute approximate surface area is 217 Å². The summed E-state index contributed by atoms with van der Waals surface area (Å²) in [6, 6.07) is 19.0. The number of nitrogens with zero attached hydrogens (tertiary/aromatic N) is 5. The highest BCUT2D eigenvalue weighted by Gasteiger charge is 2.23. The van der Waals surface area contributed by atoms with Gasteiger partial charge in [-0.15, -0.1) is 0 Å². The van der Waals surface area contributed by atoms with Crippen LogP contribution in [-0.4, -0.2) is 52.2 Å². The Hall–Kier alpha value is -3.95. The number of likely N-dealkylation sites (N-methyl/N-ethyl adjacent to an activating group) is 1. The van der Waals surface area contributed by atoms with Crippen molar-refractivity contribution in [2.75, 3.05) is 38.1 Å². The lowest BCUT2D eigenvalue weighted by Crippen LogP contribution is -2.46. The maximum absolute atomic E-state index is 14.0. The third-order valence-electron chi connectivity index (χ3n) is 6.76. The molecule has 0 spiro atoms. The summed E-state index contributed by atoms with van der Waals surface area (Å²) in [5, 5.41) is 12.2. The number of aromatic nitrogens is 2. The molecule has 0 radical (unpaired) electrons. The number of nitro benzene ring substituents is 1. The fourth-order valence-electron chi connectivity index (χ4n) is 4.79. The predicted molar refractivity (Wildman–Crippen MR) is 145 cm³/mol. The zero-order valence-electron chi connectivity index (χ0n) is 20.3. The monoisotopic (exact) mass is 519 g/mol. The highest BCUT2D eigenvalue weighted by molar-refractivity contribution is 6.31. The molecular weight excluding hydrogens is 494 g/mol. The van der Waals surface area contributed by atoms with Crippen molar-refractivity contribution in [3.8, 4) is 0 Å². The quantitative estimate of drug-likeness (QED) is 0.285. The molecule has 1 aromatic heterocycles. The van der Waals surface area contributed by atoms with Gasteiger partial charge in [0.15, 0.2) is 0 Å². The Bertz CT molecular complexity index is 1590. The molecule has 0 atom stereocenters. The van der Waals surface area contributed by atoms with Crippen molar-refractivity contribution >= 4 is 33.9 Å². The van der Waals surface area contributed by atoms with Crippen LogP contribution in [0.5, 0.6) is 0 Å². The van der Waals surface area contributed by atoms with E-state index in [2.05, 4.69) is 16.8 Å². The van der Waals surface area contributed by atoms with Gasteiger partial charge in [0, 0.05) is 43.3 Å². The summed E-state index contributed by atoms with van der Waals surface area (Å²) in [6.45, 7) is 3.25. The standard InChI is InChI=1S/C27H26ClN5O4/c1-29-10-12-30(13-11-29)23-15-21(28)16-24-25(23)26(34)32(18-20-8-5-9-22(14-20)33(36)37)27(35)31(24)17-19-6-3-2-4-7-19/h2-9,14-16H,10-13,17-18H2,1H3. The number of nitro groups is 1. The maximum atomic E-state index is 14.0. The molecule has 2 heterocycles. The van der Waals surface area contributed by atoms with Crippen LogP contribution in [0.25, 0.3) is 10.9 Å². The normalized spacial score (nSPS) is 14.3. The molecule has 10 heteroatoms. The van der Waals surface area contributed by atoms with E-state index in [-0.39, 0.29) is 18.8 Å². The summed E-state index contributed by atoms with van der Waals surface area (Å²) < 4.78 is 2.73. The second-order valence-corrected chi connectivity index (χ2v) is 9.72. The smallest absolute Gasteiger partial charge is 0.332 e. The van der Waals surface area contributed by atoms with Crippen molar-refractivity contribution in [2.45, 2.75) is 13.1 Å². The van der Waals surface area contributed by atoms with E-state index in [4.69, 9.17) is 11.6 Å². The highest BCUT2D eigenvalue weighted by atomic mass is 35.5. The summed E-state index contributed by atoms with van der Waals surface area (Å²) in [5.74, 6) is 0. The van der Waals surface area contributed by atoms with E-state index in [9.17, 15) is 19.7 Å². The molecule has 1 fully saturated rings. The summed E-state index contributed by atoms with van der Waals surface area (Å²) >= 11 is 6.54. The van der Waals surface area contributed by atoms with E-state index >= 15 is 0 Å². The zero-order valence-corrected chi connectivity index (χ0v) is 21.1. The first-order chi connectivity index (χ1) is 17.8. The minimum Gasteiger partial charge on any atom is -0.368 e. The van der Waals surface area contributed by atoms with Gasteiger partial charge in [-0.25, -0.2) is 4.79 Å². The van der Waals surface area contributed by atoms with Gasteiger partial charge < -0.3 is 9.80 Å². The van der Waals surface area contributed by atoms with Gasteiger partial charge >= 0.3 is 5.69 Å². The van der Waals surface area contributed by atoms with Crippen LogP contribution in [0.15, 0.2) is 76.3 Å². The van der Waals surface area contributed by atoms with Crippen LogP contribution in [0.4, 0.5) is 11.4 Å². The minimum absolute atomic E-state index is 0.0884. The fourth-order valence-corrected chi connectivity index (χ4v) is 4.99. The van der Waals surface area contributed by atoms with Crippen molar-refractivity contribution in [2.24, 2.45) is 0 Å². The van der Waals surface area contributed by atoms with E-state index < -0.39 is 16.2 Å². The zero-order chi connectivity index (χ0) is 26.1. The first kappa shape index (κ1) is 24.7. The largest absolute Gasteiger partial charge is 0.368 e. The molecule has 190 valence electrons. The van der Waals surface area contributed by atoms with E-state index in [1.807, 2.05) is 30.3 Å². The molecule has 0 N–H and O–H groups in total. The van der Waals surface area contributed by atoms with Crippen molar-refractivity contribution < 1.29 is 4.92 Å². The molecular formula is C27H26ClN5O4. The number of hydrogen-bond donors (Lipinski definition) is 0. The minimum atomic E-state index is -0.501. The number of benzene rings is 3. The maximum Gasteiger partial charge on any atom is 0.332 e. The van der Waals surface area contributed by atoms with Crippen LogP contribution < -0.4 is 16.1 Å². The van der Waals surface area contributed by atoms with Gasteiger partial charge in [-0.1, -0.05) is 54.1 Å². The van der Waals surface area contributed by atoms with E-state index in [0.29, 0.717) is 40.3 Å². The second-order valence-electron chi connectivity index (χ2n) is 9.28. The van der Waals surface area contributed by atoms with Crippen molar-refractivity contribution in [3.63, 3.8) is 0 Å². The molecule has 4 aromatic rings. The third-order valence-corrected chi connectivity index (χ3v) is 6.98. The molecule has 5 rings (SSSR count). The summed E-state index contributed by atoms with van der Waals surface area (Å²) in [5.41, 5.74) is 1.51. The summed E-state index contributed by atoms with van der Waals surface area (Å²) in [7, 11) is 2.05. The molecule has 1 saturated heterocycles. The Morgan fingerprint density at radius 3 is 2.24 bits per heavy atom. The van der Waals surface area contributed by atoms with E-state index in [0.717, 1.165) is 23.2 Å². The highest BCUT2D eigenvalue weighted by Crippen LogP contribution is 2.29. The lowest BCUT2D eigenvalue weighted by atomic mass is 10.1. The number of fused-ring (bicyclic) bond motifs is 1. The second kappa shape index (κ2) is 10.2. The Kier molecular flexibility index (Phi) is 6.82. The molecule has 1 aliphatic heterocycles. The molecule has 3 aromatic carbocycles. The molecule has 0 aliphatic carbocycles. The topological polar surface area (TPSA) is 93.6 Å². The SMILES string of the molecule is CN1CCN(c2cc(Cl)cc3c2c(=O)n(Cc2cccc([N+](=O)[O-])c2)c(=O)n3Cc2ccccc2)CC1. The van der Waals surface area contributed by atoms with Crippen LogP contribution in [0.3, 0.4) is 0 Å².